The molecule has 2 rings (SSSR count). The zero-order valence-electron chi connectivity index (χ0n) is 14.6. The van der Waals surface area contributed by atoms with E-state index < -0.39 is 5.97 Å². The molecule has 0 atom stereocenters. The fraction of sp³-hybridized carbons (Fsp3) is 0.381. The van der Waals surface area contributed by atoms with Crippen LogP contribution in [0, 0.1) is 0 Å². The molecular weight excluding hydrogens is 284 g/mol. The number of carboxylic acids is 1. The summed E-state index contributed by atoms with van der Waals surface area (Å²) in [7, 11) is 0. The smallest absolute Gasteiger partial charge is 0.336 e. The molecule has 0 unspecified atom stereocenters. The molecule has 2 nitrogen and oxygen atoms in total. The van der Waals surface area contributed by atoms with E-state index in [9.17, 15) is 9.90 Å². The molecule has 2 aromatic rings. The lowest BCUT2D eigenvalue weighted by Gasteiger charge is -2.24. The van der Waals surface area contributed by atoms with Crippen LogP contribution in [0.4, 0.5) is 0 Å². The third-order valence-electron chi connectivity index (χ3n) is 4.64. The van der Waals surface area contributed by atoms with Gasteiger partial charge in [0.05, 0.1) is 5.56 Å². The summed E-state index contributed by atoms with van der Waals surface area (Å²) >= 11 is 0. The minimum absolute atomic E-state index is 0.504. The second kappa shape index (κ2) is 7.45. The van der Waals surface area contributed by atoms with Gasteiger partial charge in [0.25, 0.3) is 0 Å². The molecule has 0 amide bonds. The molecule has 0 aromatic heterocycles. The van der Waals surface area contributed by atoms with Crippen LogP contribution in [0.15, 0.2) is 30.3 Å². The molecule has 0 aliphatic heterocycles. The van der Waals surface area contributed by atoms with Gasteiger partial charge in [-0.2, -0.15) is 0 Å². The summed E-state index contributed by atoms with van der Waals surface area (Å²) in [5.74, 6) is -0.812. The summed E-state index contributed by atoms with van der Waals surface area (Å²) in [5, 5.41) is 9.94. The summed E-state index contributed by atoms with van der Waals surface area (Å²) in [6.45, 7) is 8.47. The van der Waals surface area contributed by atoms with E-state index in [0.717, 1.165) is 42.4 Å². The van der Waals surface area contributed by atoms with Gasteiger partial charge in [-0.1, -0.05) is 58.0 Å². The Bertz CT molecular complexity index is 700. The molecule has 0 spiro atoms. The Hall–Kier alpha value is -2.09. The summed E-state index contributed by atoms with van der Waals surface area (Å²) in [4.78, 5) is 12.1. The number of carbonyl (C=O) groups is 1. The van der Waals surface area contributed by atoms with Gasteiger partial charge in [0.2, 0.25) is 0 Å². The summed E-state index contributed by atoms with van der Waals surface area (Å²) < 4.78 is 0. The summed E-state index contributed by atoms with van der Waals surface area (Å²) in [5.41, 5.74) is 7.22. The van der Waals surface area contributed by atoms with Crippen LogP contribution in [-0.4, -0.2) is 11.1 Å². The molecule has 0 radical (unpaired) electrons. The van der Waals surface area contributed by atoms with Crippen molar-refractivity contribution < 1.29 is 9.90 Å². The second-order valence-corrected chi connectivity index (χ2v) is 5.75. The lowest BCUT2D eigenvalue weighted by Crippen LogP contribution is -2.14. The number of carboxylic acid groups (broad SMARTS) is 1. The van der Waals surface area contributed by atoms with Crippen LogP contribution in [0.1, 0.15) is 60.3 Å². The van der Waals surface area contributed by atoms with E-state index >= 15 is 0 Å². The molecule has 0 aliphatic rings. The molecule has 0 fully saturated rings. The maximum Gasteiger partial charge on any atom is 0.336 e. The zero-order chi connectivity index (χ0) is 17.0. The highest BCUT2D eigenvalue weighted by Gasteiger charge is 2.25. The standard InChI is InChI=1S/C21H26O2/c1-5-15-16(6-2)18(8-4)20(21(22)23)19(17(15)7-3)14-12-10-9-11-13-14/h9-13H,5-8H2,1-4H3,(H,22,23). The van der Waals surface area contributed by atoms with Crippen LogP contribution < -0.4 is 0 Å². The van der Waals surface area contributed by atoms with Crippen molar-refractivity contribution in [1.29, 1.82) is 0 Å². The molecule has 0 bridgehead atoms. The summed E-state index contributed by atoms with van der Waals surface area (Å²) in [6, 6.07) is 9.96. The van der Waals surface area contributed by atoms with Crippen molar-refractivity contribution in [2.24, 2.45) is 0 Å². The first-order valence-corrected chi connectivity index (χ1v) is 8.58. The monoisotopic (exact) mass is 310 g/mol. The first kappa shape index (κ1) is 17.3. The maximum absolute atomic E-state index is 12.1. The lowest BCUT2D eigenvalue weighted by molar-refractivity contribution is 0.0696. The SMILES string of the molecule is CCc1c(CC)c(CC)c(-c2ccccc2)c(C(=O)O)c1CC. The van der Waals surface area contributed by atoms with Gasteiger partial charge in [-0.25, -0.2) is 4.79 Å². The highest BCUT2D eigenvalue weighted by atomic mass is 16.4. The third-order valence-corrected chi connectivity index (χ3v) is 4.64. The van der Waals surface area contributed by atoms with Gasteiger partial charge in [0.15, 0.2) is 0 Å². The fourth-order valence-corrected chi connectivity index (χ4v) is 3.76. The molecule has 2 heteroatoms. The van der Waals surface area contributed by atoms with Crippen LogP contribution in [0.3, 0.4) is 0 Å². The van der Waals surface area contributed by atoms with Crippen molar-refractivity contribution in [2.45, 2.75) is 53.4 Å². The average molecular weight is 310 g/mol. The van der Waals surface area contributed by atoms with Crippen molar-refractivity contribution in [2.75, 3.05) is 0 Å². The van der Waals surface area contributed by atoms with Gasteiger partial charge in [-0.05, 0) is 59.1 Å². The van der Waals surface area contributed by atoms with E-state index in [1.54, 1.807) is 0 Å². The predicted octanol–water partition coefficient (Wildman–Crippen LogP) is 5.30. The number of hydrogen-bond donors (Lipinski definition) is 1. The summed E-state index contributed by atoms with van der Waals surface area (Å²) in [6.07, 6.45) is 3.43. The van der Waals surface area contributed by atoms with Crippen molar-refractivity contribution >= 4 is 5.97 Å². The second-order valence-electron chi connectivity index (χ2n) is 5.75. The Labute approximate surface area is 139 Å². The van der Waals surface area contributed by atoms with Crippen LogP contribution in [-0.2, 0) is 25.7 Å². The van der Waals surface area contributed by atoms with E-state index in [1.807, 2.05) is 30.3 Å². The highest BCUT2D eigenvalue weighted by molar-refractivity contribution is 5.99. The molecule has 23 heavy (non-hydrogen) atoms. The van der Waals surface area contributed by atoms with E-state index in [0.29, 0.717) is 5.56 Å². The molecule has 122 valence electrons. The molecule has 2 aromatic carbocycles. The first-order chi connectivity index (χ1) is 11.1. The van der Waals surface area contributed by atoms with Crippen LogP contribution >= 0.6 is 0 Å². The molecule has 0 aliphatic carbocycles. The number of hydrogen-bond acceptors (Lipinski definition) is 1. The molecule has 0 saturated heterocycles. The van der Waals surface area contributed by atoms with Gasteiger partial charge >= 0.3 is 5.97 Å². The van der Waals surface area contributed by atoms with Crippen molar-refractivity contribution in [1.82, 2.24) is 0 Å². The average Bonchev–Trinajstić information content (AvgIpc) is 2.59. The normalized spacial score (nSPS) is 10.8. The van der Waals surface area contributed by atoms with Gasteiger partial charge in [0.1, 0.15) is 0 Å². The van der Waals surface area contributed by atoms with E-state index in [-0.39, 0.29) is 0 Å². The minimum Gasteiger partial charge on any atom is -0.478 e. The number of aromatic carboxylic acids is 1. The highest BCUT2D eigenvalue weighted by Crippen LogP contribution is 2.37. The maximum atomic E-state index is 12.1. The number of rotatable bonds is 6. The van der Waals surface area contributed by atoms with Gasteiger partial charge in [-0.3, -0.25) is 0 Å². The van der Waals surface area contributed by atoms with Crippen molar-refractivity contribution in [3.8, 4) is 11.1 Å². The van der Waals surface area contributed by atoms with Gasteiger partial charge in [-0.15, -0.1) is 0 Å². The lowest BCUT2D eigenvalue weighted by atomic mass is 9.80. The Kier molecular flexibility index (Phi) is 5.59. The quantitative estimate of drug-likeness (QED) is 0.786. The van der Waals surface area contributed by atoms with Crippen molar-refractivity contribution in [3.63, 3.8) is 0 Å². The van der Waals surface area contributed by atoms with Crippen LogP contribution in [0.5, 0.6) is 0 Å². The van der Waals surface area contributed by atoms with Gasteiger partial charge in [0, 0.05) is 0 Å². The van der Waals surface area contributed by atoms with E-state index in [2.05, 4.69) is 27.7 Å². The Balaban J connectivity index is 3.00. The van der Waals surface area contributed by atoms with Gasteiger partial charge < -0.3 is 5.11 Å². The number of benzene rings is 2. The molecule has 1 N–H and O–H groups in total. The molecule has 0 heterocycles. The fourth-order valence-electron chi connectivity index (χ4n) is 3.76. The van der Waals surface area contributed by atoms with Crippen LogP contribution in [0.25, 0.3) is 11.1 Å². The third kappa shape index (κ3) is 3.03. The van der Waals surface area contributed by atoms with E-state index in [4.69, 9.17) is 0 Å². The minimum atomic E-state index is -0.812. The first-order valence-electron chi connectivity index (χ1n) is 8.58. The van der Waals surface area contributed by atoms with Crippen molar-refractivity contribution in [3.05, 3.63) is 58.1 Å². The largest absolute Gasteiger partial charge is 0.478 e. The molecular formula is C21H26O2. The predicted molar refractivity (Wildman–Crippen MR) is 96.3 cm³/mol. The zero-order valence-corrected chi connectivity index (χ0v) is 14.6. The van der Waals surface area contributed by atoms with E-state index in [1.165, 1.54) is 16.7 Å². The Morgan fingerprint density at radius 2 is 1.26 bits per heavy atom. The van der Waals surface area contributed by atoms with Crippen LogP contribution in [0.2, 0.25) is 0 Å². The topological polar surface area (TPSA) is 37.3 Å². The Morgan fingerprint density at radius 3 is 1.70 bits per heavy atom. The molecule has 0 saturated carbocycles. The Morgan fingerprint density at radius 1 is 0.783 bits per heavy atom.